The number of carboxylic acids is 1. The molecule has 0 saturated heterocycles. The Bertz CT molecular complexity index is 235. The molecular weight excluding hydrogens is 200 g/mol. The van der Waals surface area contributed by atoms with Gasteiger partial charge in [0, 0.05) is 12.6 Å². The van der Waals surface area contributed by atoms with Crippen molar-refractivity contribution in [2.45, 2.75) is 38.8 Å². The van der Waals surface area contributed by atoms with Crippen molar-refractivity contribution in [3.05, 3.63) is 0 Å². The number of carboxylic acid groups (broad SMARTS) is 1. The zero-order valence-electron chi connectivity index (χ0n) is 9.24. The minimum absolute atomic E-state index is 0.0845. The summed E-state index contributed by atoms with van der Waals surface area (Å²) >= 11 is 0. The number of ether oxygens (including phenoxy) is 1. The van der Waals surface area contributed by atoms with E-state index in [4.69, 9.17) is 15.6 Å². The fourth-order valence-corrected chi connectivity index (χ4v) is 0.825. The molecule has 0 aromatic heterocycles. The number of rotatable bonds is 4. The Balaban J connectivity index is 3.76. The second kappa shape index (κ2) is 5.55. The van der Waals surface area contributed by atoms with Crippen molar-refractivity contribution in [1.82, 2.24) is 5.32 Å². The molecule has 0 saturated carbocycles. The van der Waals surface area contributed by atoms with E-state index in [9.17, 15) is 9.59 Å². The molecule has 0 heterocycles. The third-order valence-electron chi connectivity index (χ3n) is 1.34. The number of nitrogens with one attached hydrogen (secondary N) is 1. The molecule has 0 aliphatic rings. The standard InChI is InChI=1S/C9H18N2O4/c1-9(2,3)15-8(14)11-5-6(10)4-7(12)13/h6H,4-5,10H2,1-3H3,(H,11,14)(H,12,13)/t6-/m0/s1. The number of carbonyl (C=O) groups excluding carboxylic acids is 1. The van der Waals surface area contributed by atoms with Gasteiger partial charge in [0.1, 0.15) is 5.60 Å². The highest BCUT2D eigenvalue weighted by Gasteiger charge is 2.17. The highest BCUT2D eigenvalue weighted by Crippen LogP contribution is 2.06. The van der Waals surface area contributed by atoms with Gasteiger partial charge in [-0.3, -0.25) is 4.79 Å². The number of hydrogen-bond donors (Lipinski definition) is 3. The van der Waals surface area contributed by atoms with Gasteiger partial charge in [-0.15, -0.1) is 0 Å². The summed E-state index contributed by atoms with van der Waals surface area (Å²) in [6.07, 6.45) is -0.779. The highest BCUT2D eigenvalue weighted by molar-refractivity contribution is 5.69. The Morgan fingerprint density at radius 2 is 2.00 bits per heavy atom. The lowest BCUT2D eigenvalue weighted by Crippen LogP contribution is -2.41. The van der Waals surface area contributed by atoms with E-state index in [1.54, 1.807) is 20.8 Å². The fraction of sp³-hybridized carbons (Fsp3) is 0.778. The Labute approximate surface area is 88.8 Å². The summed E-state index contributed by atoms with van der Waals surface area (Å²) in [6.45, 7) is 5.30. The van der Waals surface area contributed by atoms with Gasteiger partial charge in [0.05, 0.1) is 6.42 Å². The Kier molecular flexibility index (Phi) is 5.07. The van der Waals surface area contributed by atoms with Gasteiger partial charge in [0.2, 0.25) is 0 Å². The molecule has 0 aliphatic carbocycles. The van der Waals surface area contributed by atoms with Crippen LogP contribution in [0.1, 0.15) is 27.2 Å². The average Bonchev–Trinajstić information content (AvgIpc) is 1.96. The van der Waals surface area contributed by atoms with E-state index in [1.165, 1.54) is 0 Å². The van der Waals surface area contributed by atoms with Crippen LogP contribution in [0.15, 0.2) is 0 Å². The molecule has 0 unspecified atom stereocenters. The first-order chi connectivity index (χ1) is 6.70. The minimum atomic E-state index is -0.992. The molecule has 0 aliphatic heterocycles. The van der Waals surface area contributed by atoms with Gasteiger partial charge in [0.25, 0.3) is 0 Å². The van der Waals surface area contributed by atoms with Crippen molar-refractivity contribution < 1.29 is 19.4 Å². The van der Waals surface area contributed by atoms with Crippen LogP contribution in [0.2, 0.25) is 0 Å². The summed E-state index contributed by atoms with van der Waals surface area (Å²) in [5.74, 6) is -0.992. The quantitative estimate of drug-likeness (QED) is 0.630. The molecule has 0 aromatic carbocycles. The van der Waals surface area contributed by atoms with Crippen molar-refractivity contribution >= 4 is 12.1 Å². The van der Waals surface area contributed by atoms with Gasteiger partial charge in [0.15, 0.2) is 0 Å². The van der Waals surface area contributed by atoms with Gasteiger partial charge < -0.3 is 20.9 Å². The predicted molar refractivity (Wildman–Crippen MR) is 54.5 cm³/mol. The molecule has 0 spiro atoms. The summed E-state index contributed by atoms with van der Waals surface area (Å²) < 4.78 is 4.94. The van der Waals surface area contributed by atoms with Crippen molar-refractivity contribution in [2.75, 3.05) is 6.54 Å². The topological polar surface area (TPSA) is 102 Å². The molecule has 6 nitrogen and oxygen atoms in total. The zero-order chi connectivity index (χ0) is 12.1. The van der Waals surface area contributed by atoms with E-state index in [0.29, 0.717) is 0 Å². The summed E-state index contributed by atoms with van der Waals surface area (Å²) in [4.78, 5) is 21.4. The molecule has 0 bridgehead atoms. The van der Waals surface area contributed by atoms with Crippen molar-refractivity contribution in [3.63, 3.8) is 0 Å². The molecule has 0 rings (SSSR count). The molecule has 1 atom stereocenters. The van der Waals surface area contributed by atoms with Gasteiger partial charge >= 0.3 is 12.1 Å². The van der Waals surface area contributed by atoms with Crippen LogP contribution in [0.25, 0.3) is 0 Å². The van der Waals surface area contributed by atoms with Crippen LogP contribution >= 0.6 is 0 Å². The Morgan fingerprint density at radius 1 is 1.47 bits per heavy atom. The predicted octanol–water partition coefficient (Wildman–Crippen LogP) is 0.313. The second-order valence-electron chi connectivity index (χ2n) is 4.24. The number of alkyl carbamates (subject to hydrolysis) is 1. The van der Waals surface area contributed by atoms with Gasteiger partial charge in [-0.1, -0.05) is 0 Å². The van der Waals surface area contributed by atoms with Crippen LogP contribution in [0, 0.1) is 0 Å². The van der Waals surface area contributed by atoms with E-state index in [0.717, 1.165) is 0 Å². The molecule has 0 fully saturated rings. The second-order valence-corrected chi connectivity index (χ2v) is 4.24. The molecule has 0 radical (unpaired) electrons. The first kappa shape index (κ1) is 13.7. The van der Waals surface area contributed by atoms with Crippen molar-refractivity contribution in [2.24, 2.45) is 5.73 Å². The summed E-state index contributed by atoms with van der Waals surface area (Å²) in [5, 5.41) is 10.8. The lowest BCUT2D eigenvalue weighted by Gasteiger charge is -2.20. The average molecular weight is 218 g/mol. The molecule has 4 N–H and O–H groups in total. The number of amides is 1. The summed E-state index contributed by atoms with van der Waals surface area (Å²) in [7, 11) is 0. The van der Waals surface area contributed by atoms with Crippen LogP contribution in [-0.2, 0) is 9.53 Å². The van der Waals surface area contributed by atoms with Gasteiger partial charge in [-0.25, -0.2) is 4.79 Å². The smallest absolute Gasteiger partial charge is 0.407 e. The molecular formula is C9H18N2O4. The third kappa shape index (κ3) is 9.01. The number of carbonyl (C=O) groups is 2. The van der Waals surface area contributed by atoms with Crippen molar-refractivity contribution in [3.8, 4) is 0 Å². The van der Waals surface area contributed by atoms with E-state index in [-0.39, 0.29) is 13.0 Å². The summed E-state index contributed by atoms with van der Waals surface area (Å²) in [5.41, 5.74) is 4.87. The van der Waals surface area contributed by atoms with Crippen LogP contribution in [0.5, 0.6) is 0 Å². The van der Waals surface area contributed by atoms with E-state index >= 15 is 0 Å². The minimum Gasteiger partial charge on any atom is -0.481 e. The van der Waals surface area contributed by atoms with Crippen LogP contribution < -0.4 is 11.1 Å². The first-order valence-corrected chi connectivity index (χ1v) is 4.65. The number of hydrogen-bond acceptors (Lipinski definition) is 4. The molecule has 88 valence electrons. The van der Waals surface area contributed by atoms with Crippen molar-refractivity contribution in [1.29, 1.82) is 0 Å². The van der Waals surface area contributed by atoms with E-state index < -0.39 is 23.7 Å². The third-order valence-corrected chi connectivity index (χ3v) is 1.34. The highest BCUT2D eigenvalue weighted by atomic mass is 16.6. The van der Waals surface area contributed by atoms with Gasteiger partial charge in [-0.05, 0) is 20.8 Å². The maximum absolute atomic E-state index is 11.1. The maximum Gasteiger partial charge on any atom is 0.407 e. The largest absolute Gasteiger partial charge is 0.481 e. The van der Waals surface area contributed by atoms with Crippen LogP contribution in [0.4, 0.5) is 4.79 Å². The van der Waals surface area contributed by atoms with E-state index in [1.807, 2.05) is 0 Å². The Morgan fingerprint density at radius 3 is 2.40 bits per heavy atom. The Hall–Kier alpha value is -1.30. The molecule has 15 heavy (non-hydrogen) atoms. The number of aliphatic carboxylic acids is 1. The lowest BCUT2D eigenvalue weighted by atomic mass is 10.2. The first-order valence-electron chi connectivity index (χ1n) is 4.65. The van der Waals surface area contributed by atoms with E-state index in [2.05, 4.69) is 5.32 Å². The molecule has 6 heteroatoms. The summed E-state index contributed by atoms with van der Waals surface area (Å²) in [6, 6.07) is -0.602. The van der Waals surface area contributed by atoms with Crippen LogP contribution in [0.3, 0.4) is 0 Å². The maximum atomic E-state index is 11.1. The van der Waals surface area contributed by atoms with Gasteiger partial charge in [-0.2, -0.15) is 0 Å². The lowest BCUT2D eigenvalue weighted by molar-refractivity contribution is -0.137. The SMILES string of the molecule is CC(C)(C)OC(=O)NC[C@@H](N)CC(=O)O. The zero-order valence-corrected chi connectivity index (χ0v) is 9.24. The molecule has 1 amide bonds. The fourth-order valence-electron chi connectivity index (χ4n) is 0.825. The monoisotopic (exact) mass is 218 g/mol. The normalized spacial score (nSPS) is 13.1. The number of nitrogens with two attached hydrogens (primary N) is 1. The molecule has 0 aromatic rings. The van der Waals surface area contributed by atoms with Crippen LogP contribution in [-0.4, -0.2) is 35.4 Å².